The van der Waals surface area contributed by atoms with E-state index in [1.54, 1.807) is 20.8 Å². The molecule has 29 heavy (non-hydrogen) atoms. The van der Waals surface area contributed by atoms with Gasteiger partial charge in [0.2, 0.25) is 0 Å². The predicted octanol–water partition coefficient (Wildman–Crippen LogP) is 6.67. The van der Waals surface area contributed by atoms with Crippen LogP contribution in [0.2, 0.25) is 5.02 Å². The first-order valence-electron chi connectivity index (χ1n) is 9.90. The molecule has 2 N–H and O–H groups in total. The smallest absolute Gasteiger partial charge is 0.496 e. The van der Waals surface area contributed by atoms with Crippen molar-refractivity contribution >= 4 is 34.7 Å². The Morgan fingerprint density at radius 2 is 1.69 bits per heavy atom. The molecule has 0 saturated carbocycles. The maximum atomic E-state index is 6.21. The summed E-state index contributed by atoms with van der Waals surface area (Å²) in [4.78, 5) is 0. The minimum atomic E-state index is 0. The third kappa shape index (κ3) is 9.12. The molecular weight excluding hydrogens is 398 g/mol. The topological polar surface area (TPSA) is 57.6 Å². The van der Waals surface area contributed by atoms with E-state index < -0.39 is 0 Å². The van der Waals surface area contributed by atoms with Crippen LogP contribution in [0.1, 0.15) is 65.1 Å². The van der Waals surface area contributed by atoms with Gasteiger partial charge < -0.3 is 19.6 Å². The number of hydrogen-bond acceptors (Lipinski definition) is 4. The van der Waals surface area contributed by atoms with E-state index >= 15 is 0 Å². The number of benzene rings is 1. The van der Waals surface area contributed by atoms with E-state index in [0.717, 1.165) is 36.3 Å². The largest absolute Gasteiger partial charge is 2.00 e. The average molecular weight is 432 g/mol. The molecule has 2 rings (SSSR count). The number of rotatable bonds is 10. The molecule has 2 aromatic rings. The fourth-order valence-corrected chi connectivity index (χ4v) is 2.93. The van der Waals surface area contributed by atoms with Crippen LogP contribution in [0.3, 0.4) is 0 Å². The summed E-state index contributed by atoms with van der Waals surface area (Å²) in [6, 6.07) is 7.71. The van der Waals surface area contributed by atoms with Crippen LogP contribution in [0.4, 0.5) is 0 Å². The molecule has 158 valence electrons. The first-order chi connectivity index (χ1) is 13.5. The van der Waals surface area contributed by atoms with Gasteiger partial charge in [0.15, 0.2) is 0 Å². The van der Waals surface area contributed by atoms with E-state index in [1.807, 2.05) is 24.3 Å². The van der Waals surface area contributed by atoms with Gasteiger partial charge >= 0.3 is 23.1 Å². The number of ether oxygens (including phenoxy) is 2. The molecular formula is C23H34ClMgNO3. The number of hydrogen-bond donors (Lipinski definition) is 1. The third-order valence-corrected chi connectivity index (χ3v) is 4.74. The molecule has 0 fully saturated rings. The molecule has 0 amide bonds. The third-order valence-electron chi connectivity index (χ3n) is 4.37. The van der Waals surface area contributed by atoms with Crippen molar-refractivity contribution < 1.29 is 13.9 Å². The minimum Gasteiger partial charge on any atom is -0.496 e. The van der Waals surface area contributed by atoms with E-state index in [0.29, 0.717) is 16.5 Å². The van der Waals surface area contributed by atoms with Crippen molar-refractivity contribution in [3.05, 3.63) is 47.5 Å². The Balaban J connectivity index is 0.00000117. The maximum absolute atomic E-state index is 6.21. The quantitative estimate of drug-likeness (QED) is 0.259. The molecule has 1 aromatic heterocycles. The van der Waals surface area contributed by atoms with Gasteiger partial charge in [0, 0.05) is 5.56 Å². The van der Waals surface area contributed by atoms with Crippen LogP contribution in [0, 0.1) is 12.5 Å². The van der Waals surface area contributed by atoms with Crippen molar-refractivity contribution in [3.63, 3.8) is 0 Å². The summed E-state index contributed by atoms with van der Waals surface area (Å²) in [7, 11) is 3.17. The summed E-state index contributed by atoms with van der Waals surface area (Å²) >= 11 is 6.21. The Hall–Kier alpha value is -1.01. The summed E-state index contributed by atoms with van der Waals surface area (Å²) in [5.74, 6) is 4.13. The fraction of sp³-hybridized carbons (Fsp3) is 0.478. The van der Waals surface area contributed by atoms with Gasteiger partial charge in [-0.2, -0.15) is 18.4 Å². The van der Waals surface area contributed by atoms with Crippen LogP contribution in [-0.4, -0.2) is 37.3 Å². The molecule has 0 spiro atoms. The average Bonchev–Trinajstić information content (AvgIpc) is 3.20. The van der Waals surface area contributed by atoms with Gasteiger partial charge in [0.25, 0.3) is 0 Å². The normalized spacial score (nSPS) is 9.90. The zero-order valence-corrected chi connectivity index (χ0v) is 20.7. The van der Waals surface area contributed by atoms with Crippen molar-refractivity contribution in [3.8, 4) is 22.8 Å². The van der Waals surface area contributed by atoms with Gasteiger partial charge in [-0.1, -0.05) is 63.6 Å². The second-order valence-electron chi connectivity index (χ2n) is 6.62. The Kier molecular flexibility index (Phi) is 15.2. The van der Waals surface area contributed by atoms with Crippen molar-refractivity contribution in [2.45, 2.75) is 59.3 Å². The van der Waals surface area contributed by atoms with Crippen LogP contribution in [0.25, 0.3) is 11.3 Å². The standard InChI is InChI=1S/C19H24ClO3.C4H10N.Mg/c1-5-6-7-8-13(2)15-9-10-16(23-15)14-11-17(21-3)19(20)18(12-14)22-4;1-2-3-4-5;/h9-12H,5-8H2,1-4H3;4H,2-3,5H2,1H3;/q2*-1;+2. The minimum absolute atomic E-state index is 0. The molecule has 1 aromatic carbocycles. The number of unbranched alkanes of at least 4 members (excludes halogenated alkanes) is 3. The van der Waals surface area contributed by atoms with E-state index in [-0.39, 0.29) is 23.1 Å². The van der Waals surface area contributed by atoms with Crippen LogP contribution >= 0.6 is 11.6 Å². The Labute approximate surface area is 197 Å². The van der Waals surface area contributed by atoms with Gasteiger partial charge in [0.1, 0.15) is 22.3 Å². The zero-order chi connectivity index (χ0) is 20.9. The van der Waals surface area contributed by atoms with E-state index in [1.165, 1.54) is 25.2 Å². The number of furan rings is 1. The predicted molar refractivity (Wildman–Crippen MR) is 124 cm³/mol. The number of nitrogens with two attached hydrogens (primary N) is 1. The van der Waals surface area contributed by atoms with E-state index in [4.69, 9.17) is 31.2 Å². The number of methoxy groups -OCH3 is 2. The molecule has 1 heterocycles. The second-order valence-corrected chi connectivity index (χ2v) is 7.00. The SMILES string of the molecule is CCCCC[C-](C)c1ccc(-c2cc(OC)c(Cl)c(OC)c2)o1.CCC[CH-]N.[Mg+2]. The first kappa shape index (κ1) is 28.0. The van der Waals surface area contributed by atoms with Gasteiger partial charge in [-0.25, -0.2) is 0 Å². The van der Waals surface area contributed by atoms with Crippen molar-refractivity contribution in [1.82, 2.24) is 0 Å². The Morgan fingerprint density at radius 1 is 1.07 bits per heavy atom. The monoisotopic (exact) mass is 431 g/mol. The molecule has 0 bridgehead atoms. The van der Waals surface area contributed by atoms with Crippen LogP contribution in [-0.2, 0) is 0 Å². The maximum Gasteiger partial charge on any atom is 2.00 e. The van der Waals surface area contributed by atoms with Gasteiger partial charge in [0.05, 0.1) is 14.2 Å². The summed E-state index contributed by atoms with van der Waals surface area (Å²) < 4.78 is 16.6. The molecule has 0 aliphatic rings. The van der Waals surface area contributed by atoms with Gasteiger partial charge in [-0.15, -0.1) is 6.92 Å². The van der Waals surface area contributed by atoms with Crippen molar-refractivity contribution in [2.75, 3.05) is 14.2 Å². The second kappa shape index (κ2) is 15.8. The Morgan fingerprint density at radius 3 is 2.14 bits per heavy atom. The molecule has 4 nitrogen and oxygen atoms in total. The Bertz CT molecular complexity index is 664. The van der Waals surface area contributed by atoms with E-state index in [2.05, 4.69) is 20.8 Å². The summed E-state index contributed by atoms with van der Waals surface area (Å²) in [5, 5.41) is 0.466. The summed E-state index contributed by atoms with van der Waals surface area (Å²) in [6.07, 6.45) is 6.93. The van der Waals surface area contributed by atoms with E-state index in [9.17, 15) is 0 Å². The number of halogens is 1. The van der Waals surface area contributed by atoms with Crippen molar-refractivity contribution in [2.24, 2.45) is 5.73 Å². The molecule has 0 atom stereocenters. The zero-order valence-electron chi connectivity index (χ0n) is 18.5. The van der Waals surface area contributed by atoms with Crippen LogP contribution in [0.5, 0.6) is 11.5 Å². The van der Waals surface area contributed by atoms with Gasteiger partial charge in [-0.3, -0.25) is 6.54 Å². The van der Waals surface area contributed by atoms with Crippen LogP contribution in [0.15, 0.2) is 28.7 Å². The fourth-order valence-electron chi connectivity index (χ4n) is 2.66. The first-order valence-corrected chi connectivity index (χ1v) is 10.3. The molecule has 0 aliphatic carbocycles. The molecule has 0 unspecified atom stereocenters. The van der Waals surface area contributed by atoms with Gasteiger partial charge in [-0.05, 0) is 17.9 Å². The van der Waals surface area contributed by atoms with Crippen molar-refractivity contribution in [1.29, 1.82) is 0 Å². The molecule has 6 heteroatoms. The summed E-state index contributed by atoms with van der Waals surface area (Å²) in [5.41, 5.74) is 5.90. The molecule has 0 aliphatic heterocycles. The van der Waals surface area contributed by atoms with Crippen LogP contribution < -0.4 is 15.2 Å². The molecule has 0 radical (unpaired) electrons. The summed E-state index contributed by atoms with van der Waals surface area (Å²) in [6.45, 7) is 8.12. The molecule has 0 saturated heterocycles.